The van der Waals surface area contributed by atoms with Crippen molar-refractivity contribution >= 4 is 23.3 Å². The van der Waals surface area contributed by atoms with Gasteiger partial charge in [0.05, 0.1) is 24.6 Å². The summed E-state index contributed by atoms with van der Waals surface area (Å²) in [6, 6.07) is 15.4. The molecule has 162 valence electrons. The summed E-state index contributed by atoms with van der Waals surface area (Å²) in [4.78, 5) is 39.2. The van der Waals surface area contributed by atoms with Crippen molar-refractivity contribution in [1.29, 1.82) is 0 Å². The molecule has 31 heavy (non-hydrogen) atoms. The molecule has 0 aliphatic carbocycles. The van der Waals surface area contributed by atoms with E-state index in [9.17, 15) is 19.5 Å². The second kappa shape index (κ2) is 9.60. The van der Waals surface area contributed by atoms with Crippen molar-refractivity contribution in [3.8, 4) is 0 Å². The second-order valence-electron chi connectivity index (χ2n) is 7.92. The summed E-state index contributed by atoms with van der Waals surface area (Å²) < 4.78 is 4.97. The fourth-order valence-corrected chi connectivity index (χ4v) is 3.74. The maximum absolute atomic E-state index is 13.0. The summed E-state index contributed by atoms with van der Waals surface area (Å²) in [5.74, 6) is -1.59. The van der Waals surface area contributed by atoms with Crippen LogP contribution in [0, 0.1) is 5.92 Å². The van der Waals surface area contributed by atoms with Gasteiger partial charge in [0.25, 0.3) is 5.91 Å². The van der Waals surface area contributed by atoms with Crippen LogP contribution in [0.4, 0.5) is 5.69 Å². The van der Waals surface area contributed by atoms with Crippen LogP contribution < -0.4 is 4.90 Å². The van der Waals surface area contributed by atoms with E-state index in [4.69, 9.17) is 4.74 Å². The quantitative estimate of drug-likeness (QED) is 0.642. The van der Waals surface area contributed by atoms with Gasteiger partial charge in [0, 0.05) is 12.1 Å². The molecular weight excluding hydrogens is 394 g/mol. The van der Waals surface area contributed by atoms with E-state index in [1.807, 2.05) is 44.2 Å². The van der Waals surface area contributed by atoms with Gasteiger partial charge in [-0.15, -0.1) is 0 Å². The van der Waals surface area contributed by atoms with Crippen LogP contribution >= 0.6 is 0 Å². The molecule has 0 radical (unpaired) electrons. The average molecular weight is 421 g/mol. The Labute approximate surface area is 182 Å². The Morgan fingerprint density at radius 2 is 1.71 bits per heavy atom. The van der Waals surface area contributed by atoms with Gasteiger partial charge in [0.2, 0.25) is 0 Å². The summed E-state index contributed by atoms with van der Waals surface area (Å²) in [7, 11) is 0. The molecule has 1 aliphatic rings. The lowest BCUT2D eigenvalue weighted by Crippen LogP contribution is -2.31. The molecule has 0 fully saturated rings. The molecule has 2 aromatic carbocycles. The summed E-state index contributed by atoms with van der Waals surface area (Å²) in [6.07, 6.45) is 0.369. The Morgan fingerprint density at radius 1 is 1.06 bits per heavy atom. The number of ether oxygens (including phenoxy) is 1. The van der Waals surface area contributed by atoms with Gasteiger partial charge in [-0.3, -0.25) is 19.3 Å². The first-order valence-electron chi connectivity index (χ1n) is 10.4. The number of carbonyl (C=O) groups excluding carboxylic acids is 3. The number of aliphatic hydroxyl groups excluding tert-OH is 1. The Morgan fingerprint density at radius 3 is 2.29 bits per heavy atom. The van der Waals surface area contributed by atoms with E-state index in [2.05, 4.69) is 0 Å². The number of hydrogen-bond acceptors (Lipinski definition) is 5. The van der Waals surface area contributed by atoms with Gasteiger partial charge in [-0.05, 0) is 36.1 Å². The Balaban J connectivity index is 1.98. The van der Waals surface area contributed by atoms with E-state index in [1.54, 1.807) is 31.2 Å². The van der Waals surface area contributed by atoms with Crippen molar-refractivity contribution in [3.63, 3.8) is 0 Å². The zero-order valence-electron chi connectivity index (χ0n) is 18.0. The first kappa shape index (κ1) is 22.3. The maximum atomic E-state index is 13.0. The van der Waals surface area contributed by atoms with E-state index in [-0.39, 0.29) is 36.1 Å². The first-order valence-corrected chi connectivity index (χ1v) is 10.4. The first-order chi connectivity index (χ1) is 14.8. The van der Waals surface area contributed by atoms with E-state index in [1.165, 1.54) is 4.90 Å². The SMILES string of the molecule is CCOC(=O)Cc1ccc(N2C(=O)C(O)=C(C(=O)CC(C)C)C2c2ccccc2)cc1. The van der Waals surface area contributed by atoms with Crippen molar-refractivity contribution in [3.05, 3.63) is 77.1 Å². The zero-order chi connectivity index (χ0) is 22.5. The molecule has 0 saturated carbocycles. The van der Waals surface area contributed by atoms with Crippen LogP contribution in [-0.2, 0) is 25.5 Å². The van der Waals surface area contributed by atoms with E-state index < -0.39 is 17.7 Å². The van der Waals surface area contributed by atoms with E-state index >= 15 is 0 Å². The van der Waals surface area contributed by atoms with Crippen molar-refractivity contribution in [2.45, 2.75) is 39.7 Å². The van der Waals surface area contributed by atoms with Gasteiger partial charge in [-0.2, -0.15) is 0 Å². The zero-order valence-corrected chi connectivity index (χ0v) is 18.0. The molecular formula is C25H27NO5. The number of carbonyl (C=O) groups is 3. The molecule has 0 saturated heterocycles. The molecule has 0 aromatic heterocycles. The molecule has 6 nitrogen and oxygen atoms in total. The van der Waals surface area contributed by atoms with Gasteiger partial charge in [0.15, 0.2) is 11.5 Å². The molecule has 1 aliphatic heterocycles. The summed E-state index contributed by atoms with van der Waals surface area (Å²) in [5, 5.41) is 10.6. The number of Topliss-reactive ketones (excluding diaryl/α,β-unsaturated/α-hetero) is 1. The van der Waals surface area contributed by atoms with Crippen LogP contribution in [0.25, 0.3) is 0 Å². The number of hydrogen-bond donors (Lipinski definition) is 1. The molecule has 1 unspecified atom stereocenters. The molecule has 6 heteroatoms. The van der Waals surface area contributed by atoms with Crippen molar-refractivity contribution in [2.75, 3.05) is 11.5 Å². The lowest BCUT2D eigenvalue weighted by Gasteiger charge is -2.27. The minimum Gasteiger partial charge on any atom is -0.503 e. The topological polar surface area (TPSA) is 83.9 Å². The van der Waals surface area contributed by atoms with E-state index in [0.29, 0.717) is 12.3 Å². The summed E-state index contributed by atoms with van der Waals surface area (Å²) in [5.41, 5.74) is 2.15. The summed E-state index contributed by atoms with van der Waals surface area (Å²) in [6.45, 7) is 5.91. The minimum absolute atomic E-state index is 0.0931. The predicted octanol–water partition coefficient (Wildman–Crippen LogP) is 4.31. The highest BCUT2D eigenvalue weighted by molar-refractivity contribution is 6.16. The number of ketones is 1. The Kier molecular flexibility index (Phi) is 6.90. The molecule has 2 aromatic rings. The van der Waals surface area contributed by atoms with Gasteiger partial charge >= 0.3 is 5.97 Å². The smallest absolute Gasteiger partial charge is 0.310 e. The largest absolute Gasteiger partial charge is 0.503 e. The predicted molar refractivity (Wildman–Crippen MR) is 118 cm³/mol. The van der Waals surface area contributed by atoms with Crippen LogP contribution in [-0.4, -0.2) is 29.4 Å². The van der Waals surface area contributed by atoms with Crippen LogP contribution in [0.1, 0.15) is 44.4 Å². The Hall–Kier alpha value is -3.41. The normalized spacial score (nSPS) is 16.2. The standard InChI is InChI=1S/C25H27NO5/c1-4-31-21(28)15-17-10-12-19(13-11-17)26-23(18-8-6-5-7-9-18)22(24(29)25(26)30)20(27)14-16(2)3/h5-13,16,23,29H,4,14-15H2,1-3H3. The number of rotatable bonds is 8. The molecule has 3 rings (SSSR count). The molecule has 1 heterocycles. The number of benzene rings is 2. The number of esters is 1. The molecule has 1 atom stereocenters. The van der Waals surface area contributed by atoms with Crippen LogP contribution in [0.15, 0.2) is 65.9 Å². The van der Waals surface area contributed by atoms with Crippen LogP contribution in [0.3, 0.4) is 0 Å². The van der Waals surface area contributed by atoms with E-state index in [0.717, 1.165) is 11.1 Å². The second-order valence-corrected chi connectivity index (χ2v) is 7.92. The maximum Gasteiger partial charge on any atom is 0.310 e. The summed E-state index contributed by atoms with van der Waals surface area (Å²) >= 11 is 0. The van der Waals surface area contributed by atoms with Crippen molar-refractivity contribution in [1.82, 2.24) is 0 Å². The van der Waals surface area contributed by atoms with Gasteiger partial charge in [0.1, 0.15) is 0 Å². The third-order valence-corrected chi connectivity index (χ3v) is 5.09. The minimum atomic E-state index is -0.712. The third kappa shape index (κ3) is 4.85. The van der Waals surface area contributed by atoms with Crippen molar-refractivity contribution < 1.29 is 24.2 Å². The Bertz CT molecular complexity index is 992. The van der Waals surface area contributed by atoms with Gasteiger partial charge in [-0.25, -0.2) is 0 Å². The highest BCUT2D eigenvalue weighted by atomic mass is 16.5. The van der Waals surface area contributed by atoms with Crippen LogP contribution in [0.5, 0.6) is 0 Å². The monoisotopic (exact) mass is 421 g/mol. The highest BCUT2D eigenvalue weighted by Gasteiger charge is 2.44. The van der Waals surface area contributed by atoms with Gasteiger partial charge in [-0.1, -0.05) is 56.3 Å². The number of amides is 1. The highest BCUT2D eigenvalue weighted by Crippen LogP contribution is 2.41. The molecule has 1 amide bonds. The number of aliphatic hydroxyl groups is 1. The molecule has 0 bridgehead atoms. The molecule has 1 N–H and O–H groups in total. The lowest BCUT2D eigenvalue weighted by atomic mass is 9.92. The number of anilines is 1. The fourth-order valence-electron chi connectivity index (χ4n) is 3.74. The fraction of sp³-hybridized carbons (Fsp3) is 0.320. The van der Waals surface area contributed by atoms with Crippen molar-refractivity contribution in [2.24, 2.45) is 5.92 Å². The third-order valence-electron chi connectivity index (χ3n) is 5.09. The lowest BCUT2D eigenvalue weighted by molar-refractivity contribution is -0.142. The number of nitrogens with zero attached hydrogens (tertiary/aromatic N) is 1. The average Bonchev–Trinajstić information content (AvgIpc) is 3.00. The van der Waals surface area contributed by atoms with Crippen LogP contribution in [0.2, 0.25) is 0 Å². The molecule has 0 spiro atoms. The van der Waals surface area contributed by atoms with Gasteiger partial charge < -0.3 is 9.84 Å².